The first-order valence-corrected chi connectivity index (χ1v) is 11.9. The molecule has 0 aliphatic carbocycles. The molecule has 0 saturated heterocycles. The molecule has 1 amide bonds. The number of hydrogen-bond donors (Lipinski definition) is 0. The van der Waals surface area contributed by atoms with Crippen LogP contribution in [0, 0.1) is 27.2 Å². The highest BCUT2D eigenvalue weighted by atomic mass is 35.5. The molecule has 4 aromatic rings. The second-order valence-corrected chi connectivity index (χ2v) is 9.06. The number of nitrogens with zero attached hydrogens (tertiary/aromatic N) is 5. The van der Waals surface area contributed by atoms with Crippen molar-refractivity contribution >= 4 is 39.8 Å². The van der Waals surface area contributed by atoms with Crippen LogP contribution >= 0.6 is 11.6 Å². The molecular weight excluding hydrogens is 514 g/mol. The van der Waals surface area contributed by atoms with Crippen LogP contribution in [0.3, 0.4) is 0 Å². The van der Waals surface area contributed by atoms with E-state index in [-0.39, 0.29) is 23.5 Å². The van der Waals surface area contributed by atoms with Crippen LogP contribution in [0.5, 0.6) is 0 Å². The highest BCUT2D eigenvalue weighted by Gasteiger charge is 2.29. The predicted octanol–water partition coefficient (Wildman–Crippen LogP) is 5.39. The van der Waals surface area contributed by atoms with Gasteiger partial charge >= 0.3 is 0 Å². The van der Waals surface area contributed by atoms with Gasteiger partial charge in [-0.05, 0) is 51.1 Å². The molecule has 12 heteroatoms. The predicted molar refractivity (Wildman–Crippen MR) is 142 cm³/mol. The van der Waals surface area contributed by atoms with Crippen LogP contribution in [-0.4, -0.2) is 36.7 Å². The number of carbonyl (C=O) groups is 1. The number of benzene rings is 3. The normalized spacial score (nSPS) is 11.8. The van der Waals surface area contributed by atoms with Gasteiger partial charge in [0.05, 0.1) is 44.1 Å². The number of halogens is 1. The Bertz CT molecular complexity index is 1620. The van der Waals surface area contributed by atoms with E-state index in [1.165, 1.54) is 9.47 Å². The molecule has 0 bridgehead atoms. The molecule has 1 unspecified atom stereocenters. The molecule has 0 fully saturated rings. The first kappa shape index (κ1) is 26.4. The Morgan fingerprint density at radius 3 is 2.18 bits per heavy atom. The van der Waals surface area contributed by atoms with Gasteiger partial charge in [-0.1, -0.05) is 29.3 Å². The van der Waals surface area contributed by atoms with Gasteiger partial charge in [-0.15, -0.1) is 0 Å². The minimum Gasteiger partial charge on any atom is -0.329 e. The zero-order valence-electron chi connectivity index (χ0n) is 20.6. The van der Waals surface area contributed by atoms with E-state index < -0.39 is 33.2 Å². The summed E-state index contributed by atoms with van der Waals surface area (Å²) in [5.74, 6) is -0.466. The van der Waals surface area contributed by atoms with Gasteiger partial charge < -0.3 is 4.90 Å². The molecule has 1 atom stereocenters. The number of aromatic nitrogens is 2. The molecule has 0 spiro atoms. The van der Waals surface area contributed by atoms with Crippen molar-refractivity contribution in [2.24, 2.45) is 0 Å². The Hall–Kier alpha value is -4.64. The molecule has 0 radical (unpaired) electrons. The fraction of sp³-hybridized carbons (Fsp3) is 0.192. The number of non-ortho nitro benzene ring substituents is 2. The summed E-state index contributed by atoms with van der Waals surface area (Å²) in [6, 6.07) is 13.9. The number of rotatable bonds is 7. The molecule has 0 aliphatic heterocycles. The zero-order chi connectivity index (χ0) is 27.7. The molecule has 1 heterocycles. The molecule has 0 aliphatic rings. The van der Waals surface area contributed by atoms with Gasteiger partial charge in [-0.3, -0.25) is 34.4 Å². The van der Waals surface area contributed by atoms with Crippen molar-refractivity contribution in [3.63, 3.8) is 0 Å². The van der Waals surface area contributed by atoms with E-state index in [1.807, 2.05) is 19.1 Å². The molecule has 4 rings (SSSR count). The van der Waals surface area contributed by atoms with E-state index in [0.717, 1.165) is 23.8 Å². The Morgan fingerprint density at radius 2 is 1.63 bits per heavy atom. The number of fused-ring (bicyclic) bond motifs is 1. The quantitative estimate of drug-likeness (QED) is 0.228. The van der Waals surface area contributed by atoms with Gasteiger partial charge in [-0.2, -0.15) is 0 Å². The van der Waals surface area contributed by atoms with Crippen LogP contribution in [0.2, 0.25) is 5.02 Å². The van der Waals surface area contributed by atoms with Crippen LogP contribution in [0.15, 0.2) is 65.5 Å². The second kappa shape index (κ2) is 10.4. The molecule has 38 heavy (non-hydrogen) atoms. The number of hydrogen-bond acceptors (Lipinski definition) is 7. The van der Waals surface area contributed by atoms with E-state index in [9.17, 15) is 29.8 Å². The monoisotopic (exact) mass is 535 g/mol. The summed E-state index contributed by atoms with van der Waals surface area (Å²) in [6.45, 7) is 5.38. The van der Waals surface area contributed by atoms with Gasteiger partial charge in [-0.25, -0.2) is 4.98 Å². The lowest BCUT2D eigenvalue weighted by Gasteiger charge is -2.29. The van der Waals surface area contributed by atoms with E-state index in [1.54, 1.807) is 44.2 Å². The Labute approximate surface area is 221 Å². The van der Waals surface area contributed by atoms with Crippen LogP contribution in [0.4, 0.5) is 11.4 Å². The average Bonchev–Trinajstić information content (AvgIpc) is 2.89. The lowest BCUT2D eigenvalue weighted by molar-refractivity contribution is -0.394. The van der Waals surface area contributed by atoms with E-state index in [4.69, 9.17) is 16.6 Å². The number of aryl methyl sites for hydroxylation is 1. The SMILES string of the molecule is CCN(C(=O)c1cc([N+](=O)[O-])cc([N+](=O)[O-])c1)C(C)c1nc2cc(Cl)ccc2c(=O)n1-c1ccc(C)cc1. The minimum atomic E-state index is -0.816. The largest absolute Gasteiger partial charge is 0.329 e. The first-order valence-electron chi connectivity index (χ1n) is 11.6. The van der Waals surface area contributed by atoms with Gasteiger partial charge in [0.1, 0.15) is 5.82 Å². The molecule has 3 aromatic carbocycles. The molecule has 0 saturated carbocycles. The lowest BCUT2D eigenvalue weighted by atomic mass is 10.1. The number of nitro groups is 2. The van der Waals surface area contributed by atoms with E-state index in [2.05, 4.69) is 0 Å². The van der Waals surface area contributed by atoms with Crippen LogP contribution in [-0.2, 0) is 0 Å². The van der Waals surface area contributed by atoms with Crippen molar-refractivity contribution in [3.8, 4) is 5.69 Å². The molecule has 194 valence electrons. The fourth-order valence-corrected chi connectivity index (χ4v) is 4.39. The van der Waals surface area contributed by atoms with Crippen molar-refractivity contribution in [1.29, 1.82) is 0 Å². The van der Waals surface area contributed by atoms with Gasteiger partial charge in [0.25, 0.3) is 22.8 Å². The van der Waals surface area contributed by atoms with Crippen LogP contribution in [0.25, 0.3) is 16.6 Å². The topological polar surface area (TPSA) is 141 Å². The minimum absolute atomic E-state index is 0.119. The molecule has 11 nitrogen and oxygen atoms in total. The maximum Gasteiger partial charge on any atom is 0.277 e. The summed E-state index contributed by atoms with van der Waals surface area (Å²) in [5.41, 5.74) is 0.0835. The standard InChI is InChI=1S/C26H22ClN5O6/c1-4-29(25(33)17-11-20(31(35)36)14-21(12-17)32(37)38)16(3)24-28-23-13-18(27)7-10-22(23)26(34)30(24)19-8-5-15(2)6-9-19/h5-14,16H,4H2,1-3H3. The van der Waals surface area contributed by atoms with Gasteiger partial charge in [0.2, 0.25) is 0 Å². The maximum absolute atomic E-state index is 13.7. The highest BCUT2D eigenvalue weighted by molar-refractivity contribution is 6.31. The van der Waals surface area contributed by atoms with Crippen molar-refractivity contribution in [2.45, 2.75) is 26.8 Å². The average molecular weight is 536 g/mol. The van der Waals surface area contributed by atoms with Crippen molar-refractivity contribution in [3.05, 3.63) is 113 Å². The zero-order valence-corrected chi connectivity index (χ0v) is 21.4. The smallest absolute Gasteiger partial charge is 0.277 e. The summed E-state index contributed by atoms with van der Waals surface area (Å²) in [4.78, 5) is 54.4. The van der Waals surface area contributed by atoms with E-state index >= 15 is 0 Å². The van der Waals surface area contributed by atoms with Gasteiger partial charge in [0, 0.05) is 23.7 Å². The lowest BCUT2D eigenvalue weighted by Crippen LogP contribution is -2.37. The summed E-state index contributed by atoms with van der Waals surface area (Å²) in [6.07, 6.45) is 0. The van der Waals surface area contributed by atoms with E-state index in [0.29, 0.717) is 21.6 Å². The molecule has 1 aromatic heterocycles. The second-order valence-electron chi connectivity index (χ2n) is 8.63. The first-order chi connectivity index (χ1) is 18.0. The fourth-order valence-electron chi connectivity index (χ4n) is 4.23. The summed E-state index contributed by atoms with van der Waals surface area (Å²) < 4.78 is 1.41. The molecular formula is C26H22ClN5O6. The van der Waals surface area contributed by atoms with Crippen molar-refractivity contribution in [1.82, 2.24) is 14.5 Å². The number of carbonyl (C=O) groups excluding carboxylic acids is 1. The Morgan fingerprint density at radius 1 is 1.03 bits per heavy atom. The summed E-state index contributed by atoms with van der Waals surface area (Å²) in [7, 11) is 0. The molecule has 0 N–H and O–H groups in total. The summed E-state index contributed by atoms with van der Waals surface area (Å²) in [5, 5.41) is 23.4. The van der Waals surface area contributed by atoms with Crippen LogP contribution < -0.4 is 5.56 Å². The third-order valence-electron chi connectivity index (χ3n) is 6.16. The van der Waals surface area contributed by atoms with Crippen LogP contribution in [0.1, 0.15) is 41.6 Å². The number of nitro benzene ring substituents is 2. The third kappa shape index (κ3) is 4.96. The van der Waals surface area contributed by atoms with Crippen molar-refractivity contribution in [2.75, 3.05) is 6.54 Å². The highest BCUT2D eigenvalue weighted by Crippen LogP contribution is 2.28. The van der Waals surface area contributed by atoms with Gasteiger partial charge in [0.15, 0.2) is 0 Å². The van der Waals surface area contributed by atoms with Crippen molar-refractivity contribution < 1.29 is 14.6 Å². The number of amides is 1. The third-order valence-corrected chi connectivity index (χ3v) is 6.40. The summed E-state index contributed by atoms with van der Waals surface area (Å²) >= 11 is 6.15. The Kier molecular flexibility index (Phi) is 7.22. The Balaban J connectivity index is 1.91. The maximum atomic E-state index is 13.7.